The Balaban J connectivity index is 1.59. The molecule has 0 bridgehead atoms. The van der Waals surface area contributed by atoms with Crippen molar-refractivity contribution in [3.05, 3.63) is 51.9 Å². The van der Waals surface area contributed by atoms with Crippen molar-refractivity contribution in [1.82, 2.24) is 15.5 Å². The SMILES string of the molecule is O=C1CCOc2ccc(CCNC(=O)c3ccc(=O)[nH]n3)cc2N1. The van der Waals surface area contributed by atoms with Gasteiger partial charge in [0.1, 0.15) is 11.4 Å². The highest BCUT2D eigenvalue weighted by molar-refractivity contribution is 5.93. The lowest BCUT2D eigenvalue weighted by atomic mass is 10.1. The lowest BCUT2D eigenvalue weighted by Gasteiger charge is -2.10. The lowest BCUT2D eigenvalue weighted by Crippen LogP contribution is -2.27. The maximum absolute atomic E-state index is 11.9. The molecule has 1 aliphatic rings. The van der Waals surface area contributed by atoms with Crippen LogP contribution in [0.25, 0.3) is 0 Å². The zero-order chi connectivity index (χ0) is 16.9. The topological polar surface area (TPSA) is 113 Å². The molecule has 3 rings (SSSR count). The number of ether oxygens (including phenoxy) is 1. The van der Waals surface area contributed by atoms with Crippen molar-refractivity contribution in [3.8, 4) is 5.75 Å². The molecule has 8 heteroatoms. The summed E-state index contributed by atoms with van der Waals surface area (Å²) in [7, 11) is 0. The monoisotopic (exact) mass is 328 g/mol. The molecule has 0 unspecified atom stereocenters. The predicted octanol–water partition coefficient (Wildman–Crippen LogP) is 0.463. The van der Waals surface area contributed by atoms with Crippen LogP contribution in [0.1, 0.15) is 22.5 Å². The van der Waals surface area contributed by atoms with E-state index in [-0.39, 0.29) is 23.1 Å². The standard InChI is InChI=1S/C16H16N4O4/c21-14-6-8-24-13-3-1-10(9-12(13)18-14)5-7-17-16(23)11-2-4-15(22)20-19-11/h1-4,9H,5-8H2,(H,17,23)(H,18,21)(H,20,22). The van der Waals surface area contributed by atoms with E-state index < -0.39 is 0 Å². The molecular weight excluding hydrogens is 312 g/mol. The molecule has 0 saturated heterocycles. The van der Waals surface area contributed by atoms with Crippen LogP contribution in [-0.2, 0) is 11.2 Å². The van der Waals surface area contributed by atoms with Gasteiger partial charge in [0, 0.05) is 12.6 Å². The molecule has 2 amide bonds. The first-order valence-corrected chi connectivity index (χ1v) is 7.51. The van der Waals surface area contributed by atoms with E-state index in [1.807, 2.05) is 18.2 Å². The zero-order valence-corrected chi connectivity index (χ0v) is 12.8. The van der Waals surface area contributed by atoms with Gasteiger partial charge in [0.15, 0.2) is 0 Å². The molecule has 0 spiro atoms. The van der Waals surface area contributed by atoms with Gasteiger partial charge in [0.25, 0.3) is 11.5 Å². The summed E-state index contributed by atoms with van der Waals surface area (Å²) in [5, 5.41) is 11.4. The van der Waals surface area contributed by atoms with E-state index >= 15 is 0 Å². The number of aromatic amines is 1. The van der Waals surface area contributed by atoms with Crippen molar-refractivity contribution in [3.63, 3.8) is 0 Å². The number of carbonyl (C=O) groups is 2. The minimum absolute atomic E-state index is 0.0802. The molecule has 2 heterocycles. The third-order valence-corrected chi connectivity index (χ3v) is 3.52. The van der Waals surface area contributed by atoms with Gasteiger partial charge in [-0.3, -0.25) is 14.4 Å². The first-order valence-electron chi connectivity index (χ1n) is 7.51. The number of aromatic nitrogens is 2. The van der Waals surface area contributed by atoms with Crippen LogP contribution in [0.2, 0.25) is 0 Å². The quantitative estimate of drug-likeness (QED) is 0.755. The average Bonchev–Trinajstić information content (AvgIpc) is 2.75. The van der Waals surface area contributed by atoms with Gasteiger partial charge < -0.3 is 15.4 Å². The number of amides is 2. The summed E-state index contributed by atoms with van der Waals surface area (Å²) in [5.74, 6) is 0.201. The van der Waals surface area contributed by atoms with Crippen molar-refractivity contribution >= 4 is 17.5 Å². The number of hydrogen-bond donors (Lipinski definition) is 3. The molecule has 0 aliphatic carbocycles. The van der Waals surface area contributed by atoms with Gasteiger partial charge in [-0.2, -0.15) is 5.10 Å². The maximum Gasteiger partial charge on any atom is 0.271 e. The Kier molecular flexibility index (Phi) is 4.55. The summed E-state index contributed by atoms with van der Waals surface area (Å²) in [6.45, 7) is 0.758. The molecule has 2 aromatic rings. The second kappa shape index (κ2) is 6.95. The fraction of sp³-hybridized carbons (Fsp3) is 0.250. The Bertz CT molecular complexity index is 811. The van der Waals surface area contributed by atoms with Gasteiger partial charge >= 0.3 is 0 Å². The average molecular weight is 328 g/mol. The second-order valence-electron chi connectivity index (χ2n) is 5.29. The first kappa shape index (κ1) is 15.7. The molecule has 0 atom stereocenters. The highest BCUT2D eigenvalue weighted by Crippen LogP contribution is 2.28. The third kappa shape index (κ3) is 3.78. The Morgan fingerprint density at radius 2 is 2.12 bits per heavy atom. The Morgan fingerprint density at radius 1 is 1.25 bits per heavy atom. The van der Waals surface area contributed by atoms with Gasteiger partial charge in [-0.15, -0.1) is 0 Å². The van der Waals surface area contributed by atoms with Crippen LogP contribution in [0.5, 0.6) is 5.75 Å². The van der Waals surface area contributed by atoms with Crippen LogP contribution in [0.3, 0.4) is 0 Å². The number of hydrogen-bond acceptors (Lipinski definition) is 5. The van der Waals surface area contributed by atoms with Gasteiger partial charge in [-0.1, -0.05) is 6.07 Å². The summed E-state index contributed by atoms with van der Waals surface area (Å²) < 4.78 is 5.49. The number of carbonyl (C=O) groups excluding carboxylic acids is 2. The Labute approximate surface area is 137 Å². The third-order valence-electron chi connectivity index (χ3n) is 3.52. The summed E-state index contributed by atoms with van der Waals surface area (Å²) in [4.78, 5) is 34.4. The van der Waals surface area contributed by atoms with E-state index in [1.54, 1.807) is 0 Å². The van der Waals surface area contributed by atoms with Crippen LogP contribution in [0, 0.1) is 0 Å². The summed E-state index contributed by atoms with van der Waals surface area (Å²) >= 11 is 0. The number of benzene rings is 1. The number of fused-ring (bicyclic) bond motifs is 1. The number of nitrogens with one attached hydrogen (secondary N) is 3. The van der Waals surface area contributed by atoms with Crippen LogP contribution < -0.4 is 20.9 Å². The Morgan fingerprint density at radius 3 is 2.92 bits per heavy atom. The summed E-state index contributed by atoms with van der Waals surface area (Å²) in [6.07, 6.45) is 0.907. The number of H-pyrrole nitrogens is 1. The molecular formula is C16H16N4O4. The van der Waals surface area contributed by atoms with Crippen molar-refractivity contribution in [2.75, 3.05) is 18.5 Å². The minimum Gasteiger partial charge on any atom is -0.491 e. The Hall–Kier alpha value is -3.16. The fourth-order valence-corrected chi connectivity index (χ4v) is 2.30. The molecule has 24 heavy (non-hydrogen) atoms. The van der Waals surface area contributed by atoms with E-state index in [1.165, 1.54) is 12.1 Å². The highest BCUT2D eigenvalue weighted by Gasteiger charge is 2.14. The molecule has 0 radical (unpaired) electrons. The van der Waals surface area contributed by atoms with Gasteiger partial charge in [-0.25, -0.2) is 5.10 Å². The number of rotatable bonds is 4. The van der Waals surface area contributed by atoms with E-state index in [2.05, 4.69) is 20.8 Å². The van der Waals surface area contributed by atoms with Crippen molar-refractivity contribution < 1.29 is 14.3 Å². The first-order chi connectivity index (χ1) is 11.6. The molecule has 124 valence electrons. The molecule has 1 aromatic heterocycles. The van der Waals surface area contributed by atoms with Crippen LogP contribution >= 0.6 is 0 Å². The summed E-state index contributed by atoms with van der Waals surface area (Å²) in [6, 6.07) is 8.14. The van der Waals surface area contributed by atoms with Gasteiger partial charge in [-0.05, 0) is 30.2 Å². The van der Waals surface area contributed by atoms with Crippen molar-refractivity contribution in [2.24, 2.45) is 0 Å². The second-order valence-corrected chi connectivity index (χ2v) is 5.29. The van der Waals surface area contributed by atoms with E-state index in [0.717, 1.165) is 5.56 Å². The van der Waals surface area contributed by atoms with Crippen molar-refractivity contribution in [1.29, 1.82) is 0 Å². The largest absolute Gasteiger partial charge is 0.491 e. The smallest absolute Gasteiger partial charge is 0.271 e. The fourth-order valence-electron chi connectivity index (χ4n) is 2.30. The van der Waals surface area contributed by atoms with Crippen molar-refractivity contribution in [2.45, 2.75) is 12.8 Å². The lowest BCUT2D eigenvalue weighted by molar-refractivity contribution is -0.116. The highest BCUT2D eigenvalue weighted by atomic mass is 16.5. The number of anilines is 1. The molecule has 8 nitrogen and oxygen atoms in total. The van der Waals surface area contributed by atoms with E-state index in [4.69, 9.17) is 4.74 Å². The van der Waals surface area contributed by atoms with Gasteiger partial charge in [0.05, 0.1) is 18.7 Å². The normalized spacial score (nSPS) is 13.2. The molecule has 1 aromatic carbocycles. The molecule has 3 N–H and O–H groups in total. The van der Waals surface area contributed by atoms with Crippen LogP contribution in [0.15, 0.2) is 35.1 Å². The molecule has 1 aliphatic heterocycles. The van der Waals surface area contributed by atoms with Gasteiger partial charge in [0.2, 0.25) is 5.91 Å². The van der Waals surface area contributed by atoms with Crippen LogP contribution in [-0.4, -0.2) is 35.2 Å². The zero-order valence-electron chi connectivity index (χ0n) is 12.8. The van der Waals surface area contributed by atoms with E-state index in [0.29, 0.717) is 37.4 Å². The summed E-state index contributed by atoms with van der Waals surface area (Å²) in [5.41, 5.74) is 1.39. The van der Waals surface area contributed by atoms with E-state index in [9.17, 15) is 14.4 Å². The minimum atomic E-state index is -0.363. The van der Waals surface area contributed by atoms with Crippen LogP contribution in [0.4, 0.5) is 5.69 Å². The molecule has 0 fully saturated rings. The number of nitrogens with zero attached hydrogens (tertiary/aromatic N) is 1. The predicted molar refractivity (Wildman–Crippen MR) is 86.1 cm³/mol. The maximum atomic E-state index is 11.9. The molecule has 0 saturated carbocycles.